The molecule has 0 radical (unpaired) electrons. The fourth-order valence-corrected chi connectivity index (χ4v) is 2.56. The first-order valence-corrected chi connectivity index (χ1v) is 7.67. The number of allylic oxidation sites excluding steroid dienone is 1. The molecule has 1 saturated heterocycles. The number of ether oxygens (including phenoxy) is 1. The molecular weight excluding hydrogens is 312 g/mol. The van der Waals surface area contributed by atoms with E-state index in [2.05, 4.69) is 5.32 Å². The van der Waals surface area contributed by atoms with Crippen molar-refractivity contribution in [3.8, 4) is 0 Å². The van der Waals surface area contributed by atoms with E-state index in [9.17, 15) is 14.4 Å². The van der Waals surface area contributed by atoms with Crippen LogP contribution in [0.1, 0.15) is 25.3 Å². The van der Waals surface area contributed by atoms with Gasteiger partial charge in [0.2, 0.25) is 5.91 Å². The monoisotopic (exact) mass is 332 g/mol. The average molecular weight is 332 g/mol. The van der Waals surface area contributed by atoms with E-state index in [1.165, 1.54) is 11.8 Å². The van der Waals surface area contributed by atoms with Gasteiger partial charge in [0.05, 0.1) is 0 Å². The number of carboxylic acid groups (broad SMARTS) is 1. The molecule has 1 aliphatic heterocycles. The van der Waals surface area contributed by atoms with Crippen molar-refractivity contribution in [1.82, 2.24) is 10.2 Å². The standard InChI is InChI=1S/C17H20N2O5/c1-12(10-15(20)21)18-16(22)14-8-5-9-19(14)17(23)24-11-13-6-3-2-4-7-13/h2-4,6-7,10,14H,5,8-9,11H2,1H3,(H,18,22)(H,20,21)/b12-10+/t14-/m0/s1. The summed E-state index contributed by atoms with van der Waals surface area (Å²) in [5.74, 6) is -1.54. The Morgan fingerprint density at radius 3 is 2.71 bits per heavy atom. The second kappa shape index (κ2) is 8.14. The van der Waals surface area contributed by atoms with Crippen LogP contribution in [-0.2, 0) is 20.9 Å². The van der Waals surface area contributed by atoms with Crippen LogP contribution in [0, 0.1) is 0 Å². The first-order valence-electron chi connectivity index (χ1n) is 7.67. The van der Waals surface area contributed by atoms with Gasteiger partial charge in [-0.05, 0) is 25.3 Å². The first-order chi connectivity index (χ1) is 11.5. The van der Waals surface area contributed by atoms with E-state index in [0.717, 1.165) is 11.6 Å². The van der Waals surface area contributed by atoms with Crippen molar-refractivity contribution in [1.29, 1.82) is 0 Å². The predicted molar refractivity (Wildman–Crippen MR) is 85.9 cm³/mol. The highest BCUT2D eigenvalue weighted by Crippen LogP contribution is 2.19. The number of hydrogen-bond donors (Lipinski definition) is 2. The highest BCUT2D eigenvalue weighted by atomic mass is 16.6. The zero-order valence-corrected chi connectivity index (χ0v) is 13.4. The highest BCUT2D eigenvalue weighted by Gasteiger charge is 2.35. The molecule has 0 spiro atoms. The predicted octanol–water partition coefficient (Wildman–Crippen LogP) is 1.89. The third-order valence-corrected chi connectivity index (χ3v) is 3.66. The van der Waals surface area contributed by atoms with Crippen molar-refractivity contribution >= 4 is 18.0 Å². The molecule has 7 heteroatoms. The lowest BCUT2D eigenvalue weighted by atomic mass is 10.2. The van der Waals surface area contributed by atoms with Gasteiger partial charge in [0.15, 0.2) is 0 Å². The summed E-state index contributed by atoms with van der Waals surface area (Å²) in [4.78, 5) is 36.4. The number of carbonyl (C=O) groups is 3. The second-order valence-electron chi connectivity index (χ2n) is 5.55. The molecule has 0 bridgehead atoms. The molecule has 1 aromatic carbocycles. The Kier molecular flexibility index (Phi) is 5.95. The minimum Gasteiger partial charge on any atom is -0.478 e. The summed E-state index contributed by atoms with van der Waals surface area (Å²) in [5, 5.41) is 11.2. The Labute approximate surface area is 139 Å². The summed E-state index contributed by atoms with van der Waals surface area (Å²) >= 11 is 0. The Morgan fingerprint density at radius 1 is 1.33 bits per heavy atom. The van der Waals surface area contributed by atoms with Crippen molar-refractivity contribution in [3.63, 3.8) is 0 Å². The maximum Gasteiger partial charge on any atom is 0.410 e. The Bertz CT molecular complexity index is 642. The van der Waals surface area contributed by atoms with Gasteiger partial charge in [0.25, 0.3) is 0 Å². The summed E-state index contributed by atoms with van der Waals surface area (Å²) in [7, 11) is 0. The Balaban J connectivity index is 1.92. The maximum absolute atomic E-state index is 12.2. The normalized spacial score (nSPS) is 17.5. The number of amides is 2. The van der Waals surface area contributed by atoms with Crippen LogP contribution in [0.15, 0.2) is 42.1 Å². The fourth-order valence-electron chi connectivity index (χ4n) is 2.56. The molecule has 0 aliphatic carbocycles. The Hall–Kier alpha value is -2.83. The molecule has 1 aromatic rings. The number of carbonyl (C=O) groups excluding carboxylic acids is 2. The van der Waals surface area contributed by atoms with Gasteiger partial charge >= 0.3 is 12.1 Å². The number of aliphatic carboxylic acids is 1. The van der Waals surface area contributed by atoms with E-state index in [0.29, 0.717) is 19.4 Å². The average Bonchev–Trinajstić information content (AvgIpc) is 3.02. The summed E-state index contributed by atoms with van der Waals surface area (Å²) < 4.78 is 5.26. The molecule has 2 N–H and O–H groups in total. The van der Waals surface area contributed by atoms with E-state index in [1.807, 2.05) is 30.3 Å². The lowest BCUT2D eigenvalue weighted by Crippen LogP contribution is -2.45. The van der Waals surface area contributed by atoms with E-state index < -0.39 is 24.0 Å². The van der Waals surface area contributed by atoms with Gasteiger partial charge in [0, 0.05) is 18.3 Å². The SMILES string of the molecule is C/C(=C\C(=O)O)NC(=O)[C@@H]1CCCN1C(=O)OCc1ccccc1. The Morgan fingerprint density at radius 2 is 2.04 bits per heavy atom. The zero-order valence-electron chi connectivity index (χ0n) is 13.4. The number of nitrogens with one attached hydrogen (secondary N) is 1. The lowest BCUT2D eigenvalue weighted by molar-refractivity contribution is -0.131. The molecule has 1 fully saturated rings. The molecule has 128 valence electrons. The van der Waals surface area contributed by atoms with Crippen molar-refractivity contribution in [2.45, 2.75) is 32.4 Å². The molecule has 1 aliphatic rings. The fraction of sp³-hybridized carbons (Fsp3) is 0.353. The van der Waals surface area contributed by atoms with Gasteiger partial charge in [-0.2, -0.15) is 0 Å². The molecule has 2 amide bonds. The van der Waals surface area contributed by atoms with Gasteiger partial charge in [0.1, 0.15) is 12.6 Å². The van der Waals surface area contributed by atoms with Crippen molar-refractivity contribution in [2.24, 2.45) is 0 Å². The highest BCUT2D eigenvalue weighted by molar-refractivity contribution is 5.88. The first kappa shape index (κ1) is 17.5. The quantitative estimate of drug-likeness (QED) is 0.803. The van der Waals surface area contributed by atoms with Gasteiger partial charge in [-0.3, -0.25) is 9.69 Å². The summed E-state index contributed by atoms with van der Waals surface area (Å²) in [5.41, 5.74) is 1.09. The smallest absolute Gasteiger partial charge is 0.410 e. The zero-order chi connectivity index (χ0) is 17.5. The molecule has 0 unspecified atom stereocenters. The summed E-state index contributed by atoms with van der Waals surface area (Å²) in [6, 6.07) is 8.63. The minimum absolute atomic E-state index is 0.141. The van der Waals surface area contributed by atoms with Crippen LogP contribution in [0.25, 0.3) is 0 Å². The minimum atomic E-state index is -1.14. The maximum atomic E-state index is 12.2. The molecule has 24 heavy (non-hydrogen) atoms. The van der Waals surface area contributed by atoms with Gasteiger partial charge in [-0.1, -0.05) is 30.3 Å². The van der Waals surface area contributed by atoms with Crippen molar-refractivity contribution in [3.05, 3.63) is 47.7 Å². The molecule has 1 atom stereocenters. The largest absolute Gasteiger partial charge is 0.478 e. The van der Waals surface area contributed by atoms with Gasteiger partial charge < -0.3 is 15.2 Å². The molecule has 1 heterocycles. The van der Waals surface area contributed by atoms with E-state index in [1.54, 1.807) is 0 Å². The number of rotatable bonds is 5. The second-order valence-corrected chi connectivity index (χ2v) is 5.55. The number of likely N-dealkylation sites (tertiary alicyclic amines) is 1. The van der Waals surface area contributed by atoms with Crippen molar-refractivity contribution < 1.29 is 24.2 Å². The number of carboxylic acids is 1. The number of hydrogen-bond acceptors (Lipinski definition) is 4. The molecule has 0 aromatic heterocycles. The van der Waals surface area contributed by atoms with Crippen LogP contribution in [0.2, 0.25) is 0 Å². The number of nitrogens with zero attached hydrogens (tertiary/aromatic N) is 1. The van der Waals surface area contributed by atoms with E-state index in [4.69, 9.17) is 9.84 Å². The van der Waals surface area contributed by atoms with Gasteiger partial charge in [-0.15, -0.1) is 0 Å². The van der Waals surface area contributed by atoms with Crippen molar-refractivity contribution in [2.75, 3.05) is 6.54 Å². The third-order valence-electron chi connectivity index (χ3n) is 3.66. The molecule has 7 nitrogen and oxygen atoms in total. The number of benzene rings is 1. The van der Waals surface area contributed by atoms with Crippen LogP contribution in [0.4, 0.5) is 4.79 Å². The van der Waals surface area contributed by atoms with Crippen LogP contribution in [-0.4, -0.2) is 40.6 Å². The molecular formula is C17H20N2O5. The lowest BCUT2D eigenvalue weighted by Gasteiger charge is -2.23. The van der Waals surface area contributed by atoms with Crippen LogP contribution in [0.5, 0.6) is 0 Å². The third kappa shape index (κ3) is 4.84. The molecule has 0 saturated carbocycles. The molecule has 2 rings (SSSR count). The van der Waals surface area contributed by atoms with Crippen LogP contribution >= 0.6 is 0 Å². The van der Waals surface area contributed by atoms with E-state index in [-0.39, 0.29) is 12.3 Å². The van der Waals surface area contributed by atoms with Crippen LogP contribution in [0.3, 0.4) is 0 Å². The van der Waals surface area contributed by atoms with E-state index >= 15 is 0 Å². The van der Waals surface area contributed by atoms with Gasteiger partial charge in [-0.25, -0.2) is 9.59 Å². The summed E-state index contributed by atoms with van der Waals surface area (Å²) in [6.45, 7) is 2.06. The summed E-state index contributed by atoms with van der Waals surface area (Å²) in [6.07, 6.45) is 1.58. The topological polar surface area (TPSA) is 95.9 Å². The van der Waals surface area contributed by atoms with Crippen LogP contribution < -0.4 is 5.32 Å².